The van der Waals surface area contributed by atoms with Crippen LogP contribution >= 0.6 is 11.8 Å². The van der Waals surface area contributed by atoms with E-state index in [1.807, 2.05) is 11.8 Å². The van der Waals surface area contributed by atoms with Crippen LogP contribution in [0.15, 0.2) is 24.3 Å². The summed E-state index contributed by atoms with van der Waals surface area (Å²) in [4.78, 5) is 0. The van der Waals surface area contributed by atoms with Gasteiger partial charge in [0.2, 0.25) is 0 Å². The lowest BCUT2D eigenvalue weighted by Gasteiger charge is -2.24. The molecule has 1 aliphatic rings. The van der Waals surface area contributed by atoms with Gasteiger partial charge in [0.1, 0.15) is 0 Å². The Morgan fingerprint density at radius 2 is 1.95 bits per heavy atom. The van der Waals surface area contributed by atoms with Crippen LogP contribution in [0.3, 0.4) is 0 Å². The van der Waals surface area contributed by atoms with Gasteiger partial charge < -0.3 is 0 Å². The lowest BCUT2D eigenvalue weighted by Crippen LogP contribution is -2.30. The highest BCUT2D eigenvalue weighted by molar-refractivity contribution is 7.99. The molecule has 0 heterocycles. The van der Waals surface area contributed by atoms with Crippen LogP contribution in [-0.4, -0.2) is 11.0 Å². The topological polar surface area (TPSA) is 38.0 Å². The standard InChI is InChI=1S/C15H21F3N2S/c16-15(17,18)12-6-4-5-11(9-12)14(20-19)10-21-13-7-2-1-3-8-13/h4-6,9,13-14,20H,1-3,7-8,10,19H2. The first-order chi connectivity index (χ1) is 10.0. The Morgan fingerprint density at radius 1 is 1.24 bits per heavy atom. The second-order valence-corrected chi connectivity index (χ2v) is 6.77. The maximum Gasteiger partial charge on any atom is 0.416 e. The monoisotopic (exact) mass is 318 g/mol. The number of hydrogen-bond acceptors (Lipinski definition) is 3. The summed E-state index contributed by atoms with van der Waals surface area (Å²) in [5.74, 6) is 6.23. The van der Waals surface area contributed by atoms with Gasteiger partial charge in [0, 0.05) is 11.0 Å². The average Bonchev–Trinajstić information content (AvgIpc) is 2.48. The van der Waals surface area contributed by atoms with Crippen LogP contribution in [0.25, 0.3) is 0 Å². The number of nitrogens with one attached hydrogen (secondary N) is 1. The number of thioether (sulfide) groups is 1. The lowest BCUT2D eigenvalue weighted by molar-refractivity contribution is -0.137. The molecule has 2 rings (SSSR count). The number of halogens is 3. The van der Waals surface area contributed by atoms with Crippen LogP contribution in [0.1, 0.15) is 49.3 Å². The molecule has 0 spiro atoms. The third kappa shape index (κ3) is 4.90. The van der Waals surface area contributed by atoms with Crippen LogP contribution in [0.4, 0.5) is 13.2 Å². The van der Waals surface area contributed by atoms with Crippen molar-refractivity contribution in [1.29, 1.82) is 0 Å². The molecule has 1 unspecified atom stereocenters. The second kappa shape index (κ2) is 7.51. The molecule has 0 aliphatic heterocycles. The van der Waals surface area contributed by atoms with E-state index in [-0.39, 0.29) is 6.04 Å². The average molecular weight is 318 g/mol. The first-order valence-electron chi connectivity index (χ1n) is 7.25. The number of alkyl halides is 3. The van der Waals surface area contributed by atoms with E-state index in [4.69, 9.17) is 5.84 Å². The summed E-state index contributed by atoms with van der Waals surface area (Å²) in [5.41, 5.74) is 2.62. The van der Waals surface area contributed by atoms with E-state index < -0.39 is 11.7 Å². The van der Waals surface area contributed by atoms with E-state index in [1.54, 1.807) is 6.07 Å². The summed E-state index contributed by atoms with van der Waals surface area (Å²) in [7, 11) is 0. The van der Waals surface area contributed by atoms with Gasteiger partial charge in [0.25, 0.3) is 0 Å². The van der Waals surface area contributed by atoms with Crippen molar-refractivity contribution in [1.82, 2.24) is 5.43 Å². The molecular weight excluding hydrogens is 297 g/mol. The van der Waals surface area contributed by atoms with Crippen LogP contribution < -0.4 is 11.3 Å². The van der Waals surface area contributed by atoms with Crippen molar-refractivity contribution in [2.45, 2.75) is 49.6 Å². The molecule has 0 amide bonds. The summed E-state index contributed by atoms with van der Waals surface area (Å²) in [6, 6.07) is 5.16. The van der Waals surface area contributed by atoms with Gasteiger partial charge >= 0.3 is 6.18 Å². The zero-order chi connectivity index (χ0) is 15.3. The van der Waals surface area contributed by atoms with E-state index in [2.05, 4.69) is 5.43 Å². The van der Waals surface area contributed by atoms with Gasteiger partial charge in [0.05, 0.1) is 11.6 Å². The highest BCUT2D eigenvalue weighted by Crippen LogP contribution is 2.33. The molecule has 0 aromatic heterocycles. The van der Waals surface area contributed by atoms with Crippen LogP contribution in [0, 0.1) is 0 Å². The normalized spacial score (nSPS) is 18.7. The summed E-state index contributed by atoms with van der Waals surface area (Å²) in [6.07, 6.45) is 1.88. The minimum Gasteiger partial charge on any atom is -0.271 e. The van der Waals surface area contributed by atoms with Crippen LogP contribution in [-0.2, 0) is 6.18 Å². The molecule has 6 heteroatoms. The minimum atomic E-state index is -4.31. The predicted octanol–water partition coefficient (Wildman–Crippen LogP) is 4.28. The van der Waals surface area contributed by atoms with Crippen molar-refractivity contribution in [3.05, 3.63) is 35.4 Å². The molecular formula is C15H21F3N2S. The molecule has 3 N–H and O–H groups in total. The van der Waals surface area contributed by atoms with E-state index >= 15 is 0 Å². The van der Waals surface area contributed by atoms with E-state index in [1.165, 1.54) is 44.2 Å². The summed E-state index contributed by atoms with van der Waals surface area (Å²) in [6.45, 7) is 0. The fraction of sp³-hybridized carbons (Fsp3) is 0.600. The number of rotatable bonds is 5. The number of nitrogens with two attached hydrogens (primary N) is 1. The SMILES string of the molecule is NNC(CSC1CCCCC1)c1cccc(C(F)(F)F)c1. The molecule has 0 radical (unpaired) electrons. The van der Waals surface area contributed by atoms with Crippen LogP contribution in [0.5, 0.6) is 0 Å². The highest BCUT2D eigenvalue weighted by Gasteiger charge is 2.31. The third-order valence-corrected chi connectivity index (χ3v) is 5.34. The van der Waals surface area contributed by atoms with Crippen molar-refractivity contribution in [2.24, 2.45) is 5.84 Å². The molecule has 21 heavy (non-hydrogen) atoms. The third-order valence-electron chi connectivity index (χ3n) is 3.87. The van der Waals surface area contributed by atoms with Crippen molar-refractivity contribution in [3.8, 4) is 0 Å². The Balaban J connectivity index is 1.99. The van der Waals surface area contributed by atoms with E-state index in [0.29, 0.717) is 16.6 Å². The maximum atomic E-state index is 12.8. The molecule has 1 aromatic rings. The Labute approximate surface area is 127 Å². The summed E-state index contributed by atoms with van der Waals surface area (Å²) in [5, 5.41) is 0.611. The first kappa shape index (κ1) is 16.6. The van der Waals surface area contributed by atoms with Gasteiger partial charge in [-0.1, -0.05) is 31.4 Å². The van der Waals surface area contributed by atoms with Gasteiger partial charge in [-0.25, -0.2) is 0 Å². The van der Waals surface area contributed by atoms with Crippen molar-refractivity contribution >= 4 is 11.8 Å². The Morgan fingerprint density at radius 3 is 2.57 bits per heavy atom. The largest absolute Gasteiger partial charge is 0.416 e. The van der Waals surface area contributed by atoms with Gasteiger partial charge in [-0.2, -0.15) is 24.9 Å². The first-order valence-corrected chi connectivity index (χ1v) is 8.30. The molecule has 118 valence electrons. The molecule has 1 aliphatic carbocycles. The molecule has 1 saturated carbocycles. The predicted molar refractivity (Wildman–Crippen MR) is 80.8 cm³/mol. The van der Waals surface area contributed by atoms with Gasteiger partial charge in [-0.15, -0.1) is 0 Å². The molecule has 1 atom stereocenters. The number of benzene rings is 1. The highest BCUT2D eigenvalue weighted by atomic mass is 32.2. The van der Waals surface area contributed by atoms with Gasteiger partial charge in [-0.05, 0) is 30.5 Å². The number of hydrogen-bond donors (Lipinski definition) is 2. The zero-order valence-corrected chi connectivity index (χ0v) is 12.6. The van der Waals surface area contributed by atoms with Gasteiger partial charge in [-0.3, -0.25) is 11.3 Å². The van der Waals surface area contributed by atoms with Crippen molar-refractivity contribution < 1.29 is 13.2 Å². The van der Waals surface area contributed by atoms with Gasteiger partial charge in [0.15, 0.2) is 0 Å². The van der Waals surface area contributed by atoms with Crippen molar-refractivity contribution in [3.63, 3.8) is 0 Å². The van der Waals surface area contributed by atoms with E-state index in [0.717, 1.165) is 6.07 Å². The second-order valence-electron chi connectivity index (χ2n) is 5.44. The Hall–Kier alpha value is -0.720. The number of hydrazine groups is 1. The molecule has 1 aromatic carbocycles. The molecule has 1 fully saturated rings. The smallest absolute Gasteiger partial charge is 0.271 e. The minimum absolute atomic E-state index is 0.251. The van der Waals surface area contributed by atoms with Crippen molar-refractivity contribution in [2.75, 3.05) is 5.75 Å². The quantitative estimate of drug-likeness (QED) is 0.629. The Kier molecular flexibility index (Phi) is 5.96. The molecule has 2 nitrogen and oxygen atoms in total. The maximum absolute atomic E-state index is 12.8. The molecule has 0 saturated heterocycles. The lowest BCUT2D eigenvalue weighted by atomic mass is 10.0. The Bertz CT molecular complexity index is 445. The fourth-order valence-corrected chi connectivity index (χ4v) is 4.06. The van der Waals surface area contributed by atoms with E-state index in [9.17, 15) is 13.2 Å². The zero-order valence-electron chi connectivity index (χ0n) is 11.8. The summed E-state index contributed by atoms with van der Waals surface area (Å²) < 4.78 is 38.3. The fourth-order valence-electron chi connectivity index (χ4n) is 2.64. The van der Waals surface area contributed by atoms with Crippen LogP contribution in [0.2, 0.25) is 0 Å². The summed E-state index contributed by atoms with van der Waals surface area (Å²) >= 11 is 1.81. The molecule has 0 bridgehead atoms.